The molecule has 1 aliphatic rings. The Morgan fingerprint density at radius 3 is 2.59 bits per heavy atom. The standard InChI is InChI=1S/C25H28FN5OS2/c1-2-16-33-22-9-5-4-8-21(22)27-24(32)18-34-25-29-28-23(17-30-14-6-3-7-15-30)31(25)20-12-10-19(26)11-13-20/h2,4-5,8-13H,1,3,6-7,14-18H2,(H,27,32). The highest BCUT2D eigenvalue weighted by Gasteiger charge is 2.20. The average Bonchev–Trinajstić information content (AvgIpc) is 3.25. The number of likely N-dealkylation sites (tertiary alicyclic amines) is 1. The topological polar surface area (TPSA) is 63.1 Å². The van der Waals surface area contributed by atoms with E-state index >= 15 is 0 Å². The van der Waals surface area contributed by atoms with Gasteiger partial charge in [0.25, 0.3) is 0 Å². The summed E-state index contributed by atoms with van der Waals surface area (Å²) in [6, 6.07) is 14.0. The third-order valence-electron chi connectivity index (χ3n) is 5.45. The maximum absolute atomic E-state index is 13.6. The molecule has 1 aliphatic heterocycles. The van der Waals surface area contributed by atoms with Crippen molar-refractivity contribution >= 4 is 35.1 Å². The van der Waals surface area contributed by atoms with Crippen molar-refractivity contribution < 1.29 is 9.18 Å². The van der Waals surface area contributed by atoms with Crippen LogP contribution in [0.4, 0.5) is 10.1 Å². The van der Waals surface area contributed by atoms with Gasteiger partial charge in [-0.1, -0.05) is 36.4 Å². The van der Waals surface area contributed by atoms with Gasteiger partial charge in [0.1, 0.15) is 5.82 Å². The molecule has 0 atom stereocenters. The number of aromatic nitrogens is 3. The number of piperidine rings is 1. The molecule has 1 fully saturated rings. The molecule has 4 rings (SSSR count). The first-order valence-electron chi connectivity index (χ1n) is 11.3. The lowest BCUT2D eigenvalue weighted by molar-refractivity contribution is -0.113. The van der Waals surface area contributed by atoms with Crippen molar-refractivity contribution in [2.24, 2.45) is 0 Å². The van der Waals surface area contributed by atoms with Gasteiger partial charge in [-0.25, -0.2) is 4.39 Å². The first-order chi connectivity index (χ1) is 16.6. The molecule has 1 N–H and O–H groups in total. The molecular formula is C25H28FN5OS2. The fourth-order valence-corrected chi connectivity index (χ4v) is 5.34. The highest BCUT2D eigenvalue weighted by atomic mass is 32.2. The van der Waals surface area contributed by atoms with Crippen LogP contribution in [-0.2, 0) is 11.3 Å². The van der Waals surface area contributed by atoms with Crippen LogP contribution in [0.3, 0.4) is 0 Å². The second kappa shape index (κ2) is 12.2. The molecule has 178 valence electrons. The number of halogens is 1. The summed E-state index contributed by atoms with van der Waals surface area (Å²) in [5.74, 6) is 1.33. The Kier molecular flexibility index (Phi) is 8.79. The van der Waals surface area contributed by atoms with Crippen molar-refractivity contribution in [3.8, 4) is 5.69 Å². The van der Waals surface area contributed by atoms with Gasteiger partial charge in [-0.2, -0.15) is 0 Å². The lowest BCUT2D eigenvalue weighted by atomic mass is 10.1. The number of hydrogen-bond acceptors (Lipinski definition) is 6. The fraction of sp³-hybridized carbons (Fsp3) is 0.320. The second-order valence-electron chi connectivity index (χ2n) is 7.98. The van der Waals surface area contributed by atoms with E-state index in [1.165, 1.54) is 43.2 Å². The Balaban J connectivity index is 1.48. The summed E-state index contributed by atoms with van der Waals surface area (Å²) in [6.07, 6.45) is 5.45. The highest BCUT2D eigenvalue weighted by molar-refractivity contribution is 8.00. The van der Waals surface area contributed by atoms with Crippen molar-refractivity contribution in [2.45, 2.75) is 35.9 Å². The van der Waals surface area contributed by atoms with Gasteiger partial charge in [0.15, 0.2) is 11.0 Å². The van der Waals surface area contributed by atoms with E-state index in [0.29, 0.717) is 11.7 Å². The van der Waals surface area contributed by atoms with Crippen molar-refractivity contribution in [2.75, 3.05) is 29.9 Å². The molecule has 1 amide bonds. The number of anilines is 1. The zero-order chi connectivity index (χ0) is 23.8. The number of thioether (sulfide) groups is 2. The van der Waals surface area contributed by atoms with Gasteiger partial charge in [-0.05, 0) is 62.3 Å². The smallest absolute Gasteiger partial charge is 0.234 e. The number of nitrogens with zero attached hydrogens (tertiary/aromatic N) is 4. The summed E-state index contributed by atoms with van der Waals surface area (Å²) in [6.45, 7) is 6.49. The third kappa shape index (κ3) is 6.49. The van der Waals surface area contributed by atoms with E-state index in [1.807, 2.05) is 34.9 Å². The van der Waals surface area contributed by atoms with Gasteiger partial charge in [-0.3, -0.25) is 14.3 Å². The lowest BCUT2D eigenvalue weighted by Gasteiger charge is -2.26. The number of hydrogen-bond donors (Lipinski definition) is 1. The first kappa shape index (κ1) is 24.5. The maximum Gasteiger partial charge on any atom is 0.234 e. The summed E-state index contributed by atoms with van der Waals surface area (Å²) >= 11 is 2.94. The number of amides is 1. The van der Waals surface area contributed by atoms with Gasteiger partial charge < -0.3 is 5.32 Å². The molecule has 1 saturated heterocycles. The van der Waals surface area contributed by atoms with Gasteiger partial charge >= 0.3 is 0 Å². The number of rotatable bonds is 10. The summed E-state index contributed by atoms with van der Waals surface area (Å²) in [4.78, 5) is 16.1. The Bertz CT molecular complexity index is 1110. The molecule has 3 aromatic rings. The van der Waals surface area contributed by atoms with E-state index in [2.05, 4.69) is 27.0 Å². The van der Waals surface area contributed by atoms with Crippen molar-refractivity contribution in [3.63, 3.8) is 0 Å². The molecule has 2 aromatic carbocycles. The number of para-hydroxylation sites is 1. The molecule has 2 heterocycles. The number of carbonyl (C=O) groups is 1. The summed E-state index contributed by atoms with van der Waals surface area (Å²) in [5.41, 5.74) is 1.57. The number of benzene rings is 2. The molecule has 6 nitrogen and oxygen atoms in total. The minimum Gasteiger partial charge on any atom is -0.324 e. The monoisotopic (exact) mass is 497 g/mol. The van der Waals surface area contributed by atoms with Gasteiger partial charge in [0.05, 0.1) is 18.0 Å². The minimum atomic E-state index is -0.295. The van der Waals surface area contributed by atoms with Crippen molar-refractivity contribution in [1.29, 1.82) is 0 Å². The molecule has 1 aromatic heterocycles. The predicted molar refractivity (Wildman–Crippen MR) is 137 cm³/mol. The molecule has 9 heteroatoms. The van der Waals surface area contributed by atoms with Gasteiger partial charge in [-0.15, -0.1) is 28.5 Å². The van der Waals surface area contributed by atoms with Crippen LogP contribution in [0.1, 0.15) is 25.1 Å². The molecule has 0 radical (unpaired) electrons. The second-order valence-corrected chi connectivity index (χ2v) is 9.98. The Hall–Kier alpha value is -2.62. The van der Waals surface area contributed by atoms with Crippen LogP contribution in [0.2, 0.25) is 0 Å². The van der Waals surface area contributed by atoms with E-state index in [4.69, 9.17) is 0 Å². The number of nitrogens with one attached hydrogen (secondary N) is 1. The molecule has 0 unspecified atom stereocenters. The SMILES string of the molecule is C=CCSc1ccccc1NC(=O)CSc1nnc(CN2CCCCC2)n1-c1ccc(F)cc1. The van der Waals surface area contributed by atoms with Crippen LogP contribution < -0.4 is 5.32 Å². The van der Waals surface area contributed by atoms with Crippen LogP contribution in [0.15, 0.2) is 71.2 Å². The van der Waals surface area contributed by atoms with Crippen LogP contribution >= 0.6 is 23.5 Å². The van der Waals surface area contributed by atoms with E-state index in [-0.39, 0.29) is 17.5 Å². The normalized spacial score (nSPS) is 14.1. The van der Waals surface area contributed by atoms with E-state index in [0.717, 1.165) is 40.9 Å². The fourth-order valence-electron chi connectivity index (χ4n) is 3.82. The summed E-state index contributed by atoms with van der Waals surface area (Å²) in [5, 5.41) is 12.4. The van der Waals surface area contributed by atoms with Crippen LogP contribution in [0, 0.1) is 5.82 Å². The maximum atomic E-state index is 13.6. The van der Waals surface area contributed by atoms with Crippen molar-refractivity contribution in [3.05, 3.63) is 72.8 Å². The summed E-state index contributed by atoms with van der Waals surface area (Å²) in [7, 11) is 0. The predicted octanol–water partition coefficient (Wildman–Crippen LogP) is 5.40. The molecule has 0 saturated carbocycles. The zero-order valence-corrected chi connectivity index (χ0v) is 20.6. The largest absolute Gasteiger partial charge is 0.324 e. The van der Waals surface area contributed by atoms with E-state index in [1.54, 1.807) is 23.9 Å². The van der Waals surface area contributed by atoms with E-state index in [9.17, 15) is 9.18 Å². The summed E-state index contributed by atoms with van der Waals surface area (Å²) < 4.78 is 15.5. The van der Waals surface area contributed by atoms with Crippen LogP contribution in [0.25, 0.3) is 5.69 Å². The minimum absolute atomic E-state index is 0.122. The third-order valence-corrected chi connectivity index (χ3v) is 7.45. The quantitative estimate of drug-likeness (QED) is 0.299. The molecule has 0 spiro atoms. The first-order valence-corrected chi connectivity index (χ1v) is 13.3. The van der Waals surface area contributed by atoms with Crippen LogP contribution in [0.5, 0.6) is 0 Å². The van der Waals surface area contributed by atoms with E-state index < -0.39 is 0 Å². The van der Waals surface area contributed by atoms with Crippen LogP contribution in [-0.4, -0.2) is 50.2 Å². The molecular weight excluding hydrogens is 469 g/mol. The Morgan fingerprint density at radius 2 is 1.82 bits per heavy atom. The highest BCUT2D eigenvalue weighted by Crippen LogP contribution is 2.28. The molecule has 34 heavy (non-hydrogen) atoms. The van der Waals surface area contributed by atoms with Crippen molar-refractivity contribution in [1.82, 2.24) is 19.7 Å². The molecule has 0 bridgehead atoms. The Labute approximate surface area is 208 Å². The molecule has 0 aliphatic carbocycles. The zero-order valence-electron chi connectivity index (χ0n) is 19.0. The average molecular weight is 498 g/mol. The Morgan fingerprint density at radius 1 is 1.06 bits per heavy atom. The van der Waals surface area contributed by atoms with Gasteiger partial charge in [0, 0.05) is 16.3 Å². The lowest BCUT2D eigenvalue weighted by Crippen LogP contribution is -2.30. The number of carbonyl (C=O) groups excluding carboxylic acids is 1. The van der Waals surface area contributed by atoms with Gasteiger partial charge in [0.2, 0.25) is 5.91 Å².